The molecule has 0 bridgehead atoms. The standard InChI is InChI=1S/C17H15N3O2/c1-11-18-15-8-3-4-9-16(15)20(11)17(22)13-6-5-7-14(10-13)19-12(2)21/h3-10H,1-2H3,(H,19,21). The Bertz CT molecular complexity index is 880. The zero-order valence-corrected chi connectivity index (χ0v) is 12.3. The summed E-state index contributed by atoms with van der Waals surface area (Å²) in [6.45, 7) is 3.23. The van der Waals surface area contributed by atoms with Crippen LogP contribution in [0.5, 0.6) is 0 Å². The molecule has 3 aromatic rings. The number of nitrogens with one attached hydrogen (secondary N) is 1. The fraction of sp³-hybridized carbons (Fsp3) is 0.118. The lowest BCUT2D eigenvalue weighted by Crippen LogP contribution is -2.14. The number of hydrogen-bond acceptors (Lipinski definition) is 3. The van der Waals surface area contributed by atoms with Gasteiger partial charge in [-0.3, -0.25) is 14.2 Å². The van der Waals surface area contributed by atoms with Crippen LogP contribution in [0.15, 0.2) is 48.5 Å². The second kappa shape index (κ2) is 5.44. The van der Waals surface area contributed by atoms with Gasteiger partial charge in [0.05, 0.1) is 11.0 Å². The number of para-hydroxylation sites is 2. The Hall–Kier alpha value is -2.95. The Morgan fingerprint density at radius 2 is 1.86 bits per heavy atom. The maximum Gasteiger partial charge on any atom is 0.263 e. The zero-order valence-electron chi connectivity index (χ0n) is 12.3. The molecule has 5 heteroatoms. The van der Waals surface area contributed by atoms with Gasteiger partial charge in [0, 0.05) is 18.2 Å². The van der Waals surface area contributed by atoms with Crippen molar-refractivity contribution < 1.29 is 9.59 Å². The van der Waals surface area contributed by atoms with Crippen LogP contribution >= 0.6 is 0 Å². The Morgan fingerprint density at radius 3 is 2.64 bits per heavy atom. The highest BCUT2D eigenvalue weighted by Crippen LogP contribution is 2.19. The fourth-order valence-corrected chi connectivity index (χ4v) is 2.47. The summed E-state index contributed by atoms with van der Waals surface area (Å²) < 4.78 is 1.59. The maximum atomic E-state index is 12.8. The summed E-state index contributed by atoms with van der Waals surface area (Å²) in [5.41, 5.74) is 2.65. The molecule has 3 rings (SSSR count). The van der Waals surface area contributed by atoms with E-state index in [0.717, 1.165) is 11.0 Å². The first-order chi connectivity index (χ1) is 10.6. The largest absolute Gasteiger partial charge is 0.326 e. The highest BCUT2D eigenvalue weighted by atomic mass is 16.2. The van der Waals surface area contributed by atoms with Crippen molar-refractivity contribution in [1.29, 1.82) is 0 Å². The van der Waals surface area contributed by atoms with Crippen LogP contribution in [-0.4, -0.2) is 21.4 Å². The van der Waals surface area contributed by atoms with Gasteiger partial charge in [-0.25, -0.2) is 4.98 Å². The molecule has 1 aromatic heterocycles. The van der Waals surface area contributed by atoms with Crippen molar-refractivity contribution in [3.05, 3.63) is 59.9 Å². The van der Waals surface area contributed by atoms with Crippen LogP contribution in [0.3, 0.4) is 0 Å². The molecule has 0 unspecified atom stereocenters. The first-order valence-electron chi connectivity index (χ1n) is 6.92. The summed E-state index contributed by atoms with van der Waals surface area (Å²) in [5.74, 6) is 0.295. The van der Waals surface area contributed by atoms with Crippen LogP contribution in [0.2, 0.25) is 0 Å². The van der Waals surface area contributed by atoms with Crippen LogP contribution < -0.4 is 5.32 Å². The number of rotatable bonds is 2. The van der Waals surface area contributed by atoms with Gasteiger partial charge in [0.1, 0.15) is 5.82 Å². The predicted molar refractivity (Wildman–Crippen MR) is 84.9 cm³/mol. The van der Waals surface area contributed by atoms with Crippen molar-refractivity contribution in [3.8, 4) is 0 Å². The molecule has 5 nitrogen and oxygen atoms in total. The summed E-state index contributed by atoms with van der Waals surface area (Å²) in [6.07, 6.45) is 0. The van der Waals surface area contributed by atoms with E-state index in [0.29, 0.717) is 17.1 Å². The Labute approximate surface area is 127 Å². The van der Waals surface area contributed by atoms with E-state index in [1.165, 1.54) is 6.92 Å². The van der Waals surface area contributed by atoms with Crippen LogP contribution in [-0.2, 0) is 4.79 Å². The van der Waals surface area contributed by atoms with Crippen molar-refractivity contribution in [2.45, 2.75) is 13.8 Å². The van der Waals surface area contributed by atoms with Gasteiger partial charge in [-0.15, -0.1) is 0 Å². The lowest BCUT2D eigenvalue weighted by atomic mass is 10.1. The van der Waals surface area contributed by atoms with Crippen LogP contribution in [0, 0.1) is 6.92 Å². The topological polar surface area (TPSA) is 64.0 Å². The van der Waals surface area contributed by atoms with Gasteiger partial charge in [0.15, 0.2) is 0 Å². The number of anilines is 1. The number of amides is 1. The van der Waals surface area contributed by atoms with Gasteiger partial charge in [0.25, 0.3) is 5.91 Å². The lowest BCUT2D eigenvalue weighted by molar-refractivity contribution is -0.114. The number of fused-ring (bicyclic) bond motifs is 1. The van der Waals surface area contributed by atoms with Gasteiger partial charge in [-0.05, 0) is 37.3 Å². The van der Waals surface area contributed by atoms with Crippen molar-refractivity contribution in [3.63, 3.8) is 0 Å². The first-order valence-corrected chi connectivity index (χ1v) is 6.92. The van der Waals surface area contributed by atoms with Gasteiger partial charge in [-0.1, -0.05) is 18.2 Å². The van der Waals surface area contributed by atoms with Crippen molar-refractivity contribution >= 4 is 28.5 Å². The average Bonchev–Trinajstić information content (AvgIpc) is 2.82. The van der Waals surface area contributed by atoms with E-state index in [-0.39, 0.29) is 11.8 Å². The van der Waals surface area contributed by atoms with E-state index < -0.39 is 0 Å². The number of carbonyl (C=O) groups excluding carboxylic acids is 2. The van der Waals surface area contributed by atoms with Crippen molar-refractivity contribution in [2.75, 3.05) is 5.32 Å². The predicted octanol–water partition coefficient (Wildman–Crippen LogP) is 2.99. The second-order valence-corrected chi connectivity index (χ2v) is 5.05. The zero-order chi connectivity index (χ0) is 15.7. The van der Waals surface area contributed by atoms with Gasteiger partial charge in [0.2, 0.25) is 5.91 Å². The third-order valence-corrected chi connectivity index (χ3v) is 3.36. The summed E-state index contributed by atoms with van der Waals surface area (Å²) in [4.78, 5) is 28.3. The first kappa shape index (κ1) is 14.0. The van der Waals surface area contributed by atoms with Gasteiger partial charge >= 0.3 is 0 Å². The van der Waals surface area contributed by atoms with Crippen molar-refractivity contribution in [1.82, 2.24) is 9.55 Å². The number of imidazole rings is 1. The van der Waals surface area contributed by atoms with Crippen LogP contribution in [0.1, 0.15) is 23.1 Å². The average molecular weight is 293 g/mol. The molecule has 0 spiro atoms. The van der Waals surface area contributed by atoms with Crippen LogP contribution in [0.25, 0.3) is 11.0 Å². The molecule has 0 aliphatic rings. The number of hydrogen-bond donors (Lipinski definition) is 1. The van der Waals surface area contributed by atoms with E-state index in [2.05, 4.69) is 10.3 Å². The summed E-state index contributed by atoms with van der Waals surface area (Å²) in [6, 6.07) is 14.4. The minimum atomic E-state index is -0.172. The quantitative estimate of drug-likeness (QED) is 0.790. The third-order valence-electron chi connectivity index (χ3n) is 3.36. The van der Waals surface area contributed by atoms with E-state index in [1.807, 2.05) is 24.3 Å². The van der Waals surface area contributed by atoms with E-state index >= 15 is 0 Å². The molecule has 0 radical (unpaired) electrons. The minimum absolute atomic E-state index is 0.168. The number of aromatic nitrogens is 2. The summed E-state index contributed by atoms with van der Waals surface area (Å²) in [7, 11) is 0. The number of aryl methyl sites for hydroxylation is 1. The molecule has 1 amide bonds. The molecule has 0 saturated heterocycles. The lowest BCUT2D eigenvalue weighted by Gasteiger charge is -2.08. The SMILES string of the molecule is CC(=O)Nc1cccc(C(=O)n2c(C)nc3ccccc32)c1. The molecule has 0 fully saturated rings. The van der Waals surface area contributed by atoms with Crippen molar-refractivity contribution in [2.24, 2.45) is 0 Å². The molecule has 0 aliphatic carbocycles. The van der Waals surface area contributed by atoms with E-state index in [1.54, 1.807) is 35.8 Å². The molecule has 22 heavy (non-hydrogen) atoms. The molecule has 2 aromatic carbocycles. The van der Waals surface area contributed by atoms with Gasteiger partial charge < -0.3 is 5.32 Å². The molecular weight excluding hydrogens is 278 g/mol. The Kier molecular flexibility index (Phi) is 3.47. The number of nitrogens with zero attached hydrogens (tertiary/aromatic N) is 2. The Balaban J connectivity index is 2.06. The smallest absolute Gasteiger partial charge is 0.263 e. The number of carbonyl (C=O) groups is 2. The molecule has 110 valence electrons. The molecule has 1 heterocycles. The molecular formula is C17H15N3O2. The highest BCUT2D eigenvalue weighted by Gasteiger charge is 2.16. The Morgan fingerprint density at radius 1 is 1.09 bits per heavy atom. The summed E-state index contributed by atoms with van der Waals surface area (Å²) in [5, 5.41) is 2.68. The number of benzene rings is 2. The third kappa shape index (κ3) is 2.48. The van der Waals surface area contributed by atoms with E-state index in [4.69, 9.17) is 0 Å². The molecule has 1 N–H and O–H groups in total. The fourth-order valence-electron chi connectivity index (χ4n) is 2.47. The minimum Gasteiger partial charge on any atom is -0.326 e. The monoisotopic (exact) mass is 293 g/mol. The normalized spacial score (nSPS) is 10.6. The maximum absolute atomic E-state index is 12.8. The van der Waals surface area contributed by atoms with E-state index in [9.17, 15) is 9.59 Å². The summed E-state index contributed by atoms with van der Waals surface area (Å²) >= 11 is 0. The molecule has 0 saturated carbocycles. The highest BCUT2D eigenvalue weighted by molar-refractivity contribution is 6.02. The molecule has 0 atom stereocenters. The van der Waals surface area contributed by atoms with Gasteiger partial charge in [-0.2, -0.15) is 0 Å². The second-order valence-electron chi connectivity index (χ2n) is 5.05. The molecule has 0 aliphatic heterocycles. The van der Waals surface area contributed by atoms with Crippen LogP contribution in [0.4, 0.5) is 5.69 Å².